The van der Waals surface area contributed by atoms with E-state index in [1.54, 1.807) is 0 Å². The van der Waals surface area contributed by atoms with E-state index in [1.807, 2.05) is 13.8 Å². The maximum Gasteiger partial charge on any atom is 0.125 e. The van der Waals surface area contributed by atoms with Gasteiger partial charge in [0.15, 0.2) is 0 Å². The van der Waals surface area contributed by atoms with Gasteiger partial charge in [0.2, 0.25) is 0 Å². The Morgan fingerprint density at radius 3 is 2.36 bits per heavy atom. The molecule has 1 aliphatic carbocycles. The van der Waals surface area contributed by atoms with Crippen LogP contribution in [0.1, 0.15) is 39.5 Å². The van der Waals surface area contributed by atoms with Gasteiger partial charge in [-0.2, -0.15) is 0 Å². The van der Waals surface area contributed by atoms with Gasteiger partial charge in [0.25, 0.3) is 0 Å². The van der Waals surface area contributed by atoms with Crippen molar-refractivity contribution in [1.29, 1.82) is 0 Å². The molecule has 0 heterocycles. The largest absolute Gasteiger partial charge is 0.390 e. The molecule has 0 unspecified atom stereocenters. The van der Waals surface area contributed by atoms with Gasteiger partial charge in [-0.25, -0.2) is 0 Å². The van der Waals surface area contributed by atoms with Crippen LogP contribution in [0, 0.1) is 5.41 Å². The minimum atomic E-state index is -0.523. The molecule has 0 aromatic heterocycles. The van der Waals surface area contributed by atoms with E-state index in [4.69, 9.17) is 0 Å². The van der Waals surface area contributed by atoms with E-state index in [9.17, 15) is 9.90 Å². The van der Waals surface area contributed by atoms with E-state index in [0.717, 1.165) is 25.5 Å². The first-order valence-corrected chi connectivity index (χ1v) is 4.16. The van der Waals surface area contributed by atoms with Gasteiger partial charge in [-0.15, -0.1) is 0 Å². The number of carbonyl (C=O) groups is 1. The molecule has 0 aromatic carbocycles. The number of hydrogen-bond donors (Lipinski definition) is 1. The summed E-state index contributed by atoms with van der Waals surface area (Å²) < 4.78 is 0. The molecule has 11 heavy (non-hydrogen) atoms. The Morgan fingerprint density at radius 1 is 1.55 bits per heavy atom. The minimum absolute atomic E-state index is 0.352. The van der Waals surface area contributed by atoms with Crippen molar-refractivity contribution in [2.45, 2.75) is 45.1 Å². The fourth-order valence-electron chi connectivity index (χ4n) is 1.65. The van der Waals surface area contributed by atoms with Crippen LogP contribution in [0.5, 0.6) is 0 Å². The summed E-state index contributed by atoms with van der Waals surface area (Å²) in [6.07, 6.45) is 4.38. The van der Waals surface area contributed by atoms with Gasteiger partial charge in [0.05, 0.1) is 5.60 Å². The second-order valence-corrected chi connectivity index (χ2v) is 4.36. The molecular formula is C9H16O2. The van der Waals surface area contributed by atoms with Gasteiger partial charge < -0.3 is 9.90 Å². The fourth-order valence-corrected chi connectivity index (χ4v) is 1.65. The van der Waals surface area contributed by atoms with Crippen molar-refractivity contribution < 1.29 is 9.90 Å². The van der Waals surface area contributed by atoms with E-state index in [0.29, 0.717) is 6.42 Å². The summed E-state index contributed by atoms with van der Waals surface area (Å²) in [6.45, 7) is 3.74. The maximum absolute atomic E-state index is 10.5. The quantitative estimate of drug-likeness (QED) is 0.629. The third-order valence-corrected chi connectivity index (χ3v) is 2.39. The first-order valence-electron chi connectivity index (χ1n) is 4.16. The van der Waals surface area contributed by atoms with Crippen LogP contribution in [-0.4, -0.2) is 17.0 Å². The Hall–Kier alpha value is -0.370. The summed E-state index contributed by atoms with van der Waals surface area (Å²) in [6, 6.07) is 0. The smallest absolute Gasteiger partial charge is 0.125 e. The Kier molecular flexibility index (Phi) is 2.06. The number of rotatable bonds is 3. The Bertz CT molecular complexity index is 157. The van der Waals surface area contributed by atoms with Crippen LogP contribution in [0.3, 0.4) is 0 Å². The van der Waals surface area contributed by atoms with Crippen LogP contribution >= 0.6 is 0 Å². The highest BCUT2D eigenvalue weighted by molar-refractivity contribution is 5.58. The van der Waals surface area contributed by atoms with Crippen molar-refractivity contribution in [1.82, 2.24) is 0 Å². The van der Waals surface area contributed by atoms with Crippen molar-refractivity contribution >= 4 is 6.29 Å². The predicted octanol–water partition coefficient (Wildman–Crippen LogP) is 1.52. The van der Waals surface area contributed by atoms with Crippen molar-refractivity contribution in [2.75, 3.05) is 0 Å². The molecule has 0 radical (unpaired) electrons. The molecule has 1 rings (SSSR count). The lowest BCUT2D eigenvalue weighted by atomic mass is 9.70. The highest BCUT2D eigenvalue weighted by atomic mass is 16.3. The Balaban J connectivity index is 2.46. The second-order valence-electron chi connectivity index (χ2n) is 4.36. The molecule has 0 saturated heterocycles. The highest BCUT2D eigenvalue weighted by Gasteiger charge is 2.39. The first kappa shape index (κ1) is 8.72. The van der Waals surface area contributed by atoms with Crippen LogP contribution in [0.15, 0.2) is 0 Å². The number of hydrogen-bond acceptors (Lipinski definition) is 2. The average molecular weight is 156 g/mol. The fraction of sp³-hybridized carbons (Fsp3) is 0.889. The summed E-state index contributed by atoms with van der Waals surface area (Å²) in [4.78, 5) is 10.5. The first-order chi connectivity index (χ1) is 4.97. The van der Waals surface area contributed by atoms with Crippen LogP contribution in [0.2, 0.25) is 0 Å². The summed E-state index contributed by atoms with van der Waals surface area (Å²) >= 11 is 0. The second kappa shape index (κ2) is 2.59. The molecule has 0 aliphatic heterocycles. The van der Waals surface area contributed by atoms with Gasteiger partial charge in [-0.3, -0.25) is 0 Å². The lowest BCUT2D eigenvalue weighted by Crippen LogP contribution is -2.41. The summed E-state index contributed by atoms with van der Waals surface area (Å²) in [5.74, 6) is 0. The molecule has 2 heteroatoms. The molecule has 1 fully saturated rings. The van der Waals surface area contributed by atoms with Crippen LogP contribution < -0.4 is 0 Å². The predicted molar refractivity (Wildman–Crippen MR) is 43.3 cm³/mol. The molecule has 0 aromatic rings. The molecule has 1 N–H and O–H groups in total. The van der Waals surface area contributed by atoms with E-state index in [1.165, 1.54) is 0 Å². The molecule has 1 aliphatic rings. The van der Waals surface area contributed by atoms with Crippen molar-refractivity contribution in [3.05, 3.63) is 0 Å². The summed E-state index contributed by atoms with van der Waals surface area (Å²) in [5.41, 5.74) is -0.875. The maximum atomic E-state index is 10.5. The van der Waals surface area contributed by atoms with Crippen LogP contribution in [-0.2, 0) is 4.79 Å². The summed E-state index contributed by atoms with van der Waals surface area (Å²) in [7, 11) is 0. The number of aliphatic hydroxyl groups is 1. The molecule has 2 nitrogen and oxygen atoms in total. The number of carbonyl (C=O) groups excluding carboxylic acids is 1. The molecule has 0 amide bonds. The Labute approximate surface area is 67.6 Å². The molecule has 1 saturated carbocycles. The third-order valence-electron chi connectivity index (χ3n) is 2.39. The van der Waals surface area contributed by atoms with Gasteiger partial charge in [0, 0.05) is 5.41 Å². The zero-order valence-corrected chi connectivity index (χ0v) is 7.26. The Morgan fingerprint density at radius 2 is 2.09 bits per heavy atom. The van der Waals surface area contributed by atoms with E-state index in [2.05, 4.69) is 0 Å². The normalized spacial score (nSPS) is 22.5. The van der Waals surface area contributed by atoms with Gasteiger partial charge in [-0.05, 0) is 25.7 Å². The van der Waals surface area contributed by atoms with Crippen molar-refractivity contribution in [2.24, 2.45) is 5.41 Å². The van der Waals surface area contributed by atoms with E-state index >= 15 is 0 Å². The van der Waals surface area contributed by atoms with Crippen LogP contribution in [0.4, 0.5) is 0 Å². The average Bonchev–Trinajstić information content (AvgIpc) is 1.84. The standard InChI is InChI=1S/C9H16O2/c1-8(2,7-10)6-9(11)4-3-5-9/h7,11H,3-6H2,1-2H3. The molecular weight excluding hydrogens is 140 g/mol. The van der Waals surface area contributed by atoms with E-state index < -0.39 is 5.60 Å². The summed E-state index contributed by atoms with van der Waals surface area (Å²) in [5, 5.41) is 9.72. The zero-order valence-electron chi connectivity index (χ0n) is 7.26. The minimum Gasteiger partial charge on any atom is -0.390 e. The monoisotopic (exact) mass is 156 g/mol. The van der Waals surface area contributed by atoms with Gasteiger partial charge in [0.1, 0.15) is 6.29 Å². The van der Waals surface area contributed by atoms with E-state index in [-0.39, 0.29) is 5.41 Å². The van der Waals surface area contributed by atoms with Crippen molar-refractivity contribution in [3.8, 4) is 0 Å². The molecule has 0 atom stereocenters. The van der Waals surface area contributed by atoms with Gasteiger partial charge in [-0.1, -0.05) is 13.8 Å². The lowest BCUT2D eigenvalue weighted by molar-refractivity contribution is -0.122. The topological polar surface area (TPSA) is 37.3 Å². The zero-order chi connectivity index (χ0) is 8.54. The molecule has 64 valence electrons. The molecule has 0 bridgehead atoms. The highest BCUT2D eigenvalue weighted by Crippen LogP contribution is 2.40. The number of aldehydes is 1. The van der Waals surface area contributed by atoms with Crippen molar-refractivity contribution in [3.63, 3.8) is 0 Å². The van der Waals surface area contributed by atoms with Gasteiger partial charge >= 0.3 is 0 Å². The molecule has 0 spiro atoms. The SMILES string of the molecule is CC(C)(C=O)CC1(O)CCC1. The lowest BCUT2D eigenvalue weighted by Gasteiger charge is -2.40. The third kappa shape index (κ3) is 2.03. The van der Waals surface area contributed by atoms with Crippen LogP contribution in [0.25, 0.3) is 0 Å².